The highest BCUT2D eigenvalue weighted by molar-refractivity contribution is 5.79. The van der Waals surface area contributed by atoms with Crippen molar-refractivity contribution in [1.29, 1.82) is 0 Å². The van der Waals surface area contributed by atoms with Crippen LogP contribution in [0.2, 0.25) is 0 Å². The highest BCUT2D eigenvalue weighted by atomic mass is 16.5. The van der Waals surface area contributed by atoms with Gasteiger partial charge in [-0.2, -0.15) is 5.10 Å². The van der Waals surface area contributed by atoms with Crippen molar-refractivity contribution in [2.45, 2.75) is 52.6 Å². The molecule has 3 rings (SSSR count). The van der Waals surface area contributed by atoms with Crippen molar-refractivity contribution >= 4 is 5.96 Å². The highest BCUT2D eigenvalue weighted by Crippen LogP contribution is 2.17. The van der Waals surface area contributed by atoms with Gasteiger partial charge in [-0.05, 0) is 31.9 Å². The van der Waals surface area contributed by atoms with Gasteiger partial charge in [-0.1, -0.05) is 24.3 Å². The summed E-state index contributed by atoms with van der Waals surface area (Å²) < 4.78 is 7.62. The Morgan fingerprint density at radius 2 is 1.90 bits per heavy atom. The van der Waals surface area contributed by atoms with Crippen molar-refractivity contribution in [1.82, 2.24) is 30.3 Å². The zero-order valence-corrected chi connectivity index (χ0v) is 17.9. The molecule has 2 heterocycles. The Hall–Kier alpha value is -2.45. The summed E-state index contributed by atoms with van der Waals surface area (Å²) in [5.41, 5.74) is 2.57. The normalized spacial score (nSPS) is 20.6. The van der Waals surface area contributed by atoms with Crippen LogP contribution in [0.4, 0.5) is 0 Å². The first-order valence-electron chi connectivity index (χ1n) is 10.3. The fourth-order valence-electron chi connectivity index (χ4n) is 3.67. The number of benzene rings is 1. The Bertz CT molecular complexity index is 794. The Morgan fingerprint density at radius 3 is 2.55 bits per heavy atom. The molecule has 2 aromatic rings. The molecule has 0 bridgehead atoms. The second-order valence-corrected chi connectivity index (χ2v) is 7.57. The van der Waals surface area contributed by atoms with Gasteiger partial charge in [0.15, 0.2) is 5.96 Å². The molecular weight excluding hydrogens is 366 g/mol. The lowest BCUT2D eigenvalue weighted by Crippen LogP contribution is -2.44. The molecule has 2 N–H and O–H groups in total. The zero-order chi connectivity index (χ0) is 20.6. The Balaban J connectivity index is 1.65. The molecule has 1 aromatic carbocycles. The van der Waals surface area contributed by atoms with Gasteiger partial charge in [-0.25, -0.2) is 9.98 Å². The van der Waals surface area contributed by atoms with E-state index in [1.165, 1.54) is 11.1 Å². The quantitative estimate of drug-likeness (QED) is 0.545. The van der Waals surface area contributed by atoms with Gasteiger partial charge in [0, 0.05) is 33.2 Å². The van der Waals surface area contributed by atoms with E-state index in [2.05, 4.69) is 70.7 Å². The third kappa shape index (κ3) is 6.27. The van der Waals surface area contributed by atoms with Crippen LogP contribution in [-0.4, -0.2) is 57.5 Å². The summed E-state index contributed by atoms with van der Waals surface area (Å²) in [4.78, 5) is 11.5. The first-order valence-corrected chi connectivity index (χ1v) is 10.3. The molecule has 1 saturated heterocycles. The molecule has 8 nitrogen and oxygen atoms in total. The van der Waals surface area contributed by atoms with Crippen LogP contribution in [0.25, 0.3) is 0 Å². The molecule has 158 valence electrons. The Kier molecular flexibility index (Phi) is 7.60. The number of nitrogens with one attached hydrogen (secondary N) is 2. The van der Waals surface area contributed by atoms with E-state index in [-0.39, 0.29) is 12.2 Å². The molecule has 1 aromatic heterocycles. The SMILES string of the molecule is CCNC(=NCc1ccccc1CN1CC(C)OC(C)C1)NCc1ncnn1C. The standard InChI is InChI=1S/C21H33N7O/c1-5-22-21(24-11-20-25-15-26-27(20)4)23-10-18-8-6-7-9-19(18)14-28-12-16(2)29-17(3)13-28/h6-9,15-17H,5,10-14H2,1-4H3,(H2,22,23,24). The molecule has 1 aliphatic rings. The molecule has 0 amide bonds. The lowest BCUT2D eigenvalue weighted by atomic mass is 10.1. The van der Waals surface area contributed by atoms with Crippen LogP contribution in [-0.2, 0) is 31.4 Å². The van der Waals surface area contributed by atoms with Crippen molar-refractivity contribution in [2.75, 3.05) is 19.6 Å². The zero-order valence-electron chi connectivity index (χ0n) is 17.9. The summed E-state index contributed by atoms with van der Waals surface area (Å²) in [6, 6.07) is 8.56. The molecule has 1 fully saturated rings. The monoisotopic (exact) mass is 399 g/mol. The minimum absolute atomic E-state index is 0.272. The number of aliphatic imine (C=N–C) groups is 1. The number of aromatic nitrogens is 3. The van der Waals surface area contributed by atoms with E-state index >= 15 is 0 Å². The minimum Gasteiger partial charge on any atom is -0.373 e. The first-order chi connectivity index (χ1) is 14.0. The second kappa shape index (κ2) is 10.4. The number of rotatable bonds is 7. The predicted octanol–water partition coefficient (Wildman–Crippen LogP) is 1.68. The molecule has 2 atom stereocenters. The van der Waals surface area contributed by atoms with Crippen LogP contribution < -0.4 is 10.6 Å². The van der Waals surface area contributed by atoms with Crippen molar-refractivity contribution in [2.24, 2.45) is 12.0 Å². The van der Waals surface area contributed by atoms with Gasteiger partial charge in [0.05, 0.1) is 25.3 Å². The van der Waals surface area contributed by atoms with Crippen molar-refractivity contribution in [3.8, 4) is 0 Å². The van der Waals surface area contributed by atoms with Gasteiger partial charge in [0.25, 0.3) is 0 Å². The fraction of sp³-hybridized carbons (Fsp3) is 0.571. The van der Waals surface area contributed by atoms with Crippen LogP contribution in [0.5, 0.6) is 0 Å². The first kappa shape index (κ1) is 21.3. The third-order valence-corrected chi connectivity index (χ3v) is 4.98. The van der Waals surface area contributed by atoms with Gasteiger partial charge in [0.1, 0.15) is 12.2 Å². The topological polar surface area (TPSA) is 79.6 Å². The summed E-state index contributed by atoms with van der Waals surface area (Å²) in [5.74, 6) is 1.64. The number of hydrogen-bond donors (Lipinski definition) is 2. The number of hydrogen-bond acceptors (Lipinski definition) is 5. The van der Waals surface area contributed by atoms with Crippen molar-refractivity contribution in [3.05, 3.63) is 47.5 Å². The van der Waals surface area contributed by atoms with Gasteiger partial charge < -0.3 is 15.4 Å². The minimum atomic E-state index is 0.272. The molecule has 0 radical (unpaired) electrons. The van der Waals surface area contributed by atoms with Gasteiger partial charge in [0.2, 0.25) is 0 Å². The van der Waals surface area contributed by atoms with Crippen LogP contribution in [0.15, 0.2) is 35.6 Å². The average Bonchev–Trinajstić information content (AvgIpc) is 3.09. The van der Waals surface area contributed by atoms with Crippen LogP contribution in [0.1, 0.15) is 37.7 Å². The predicted molar refractivity (Wildman–Crippen MR) is 114 cm³/mol. The van der Waals surface area contributed by atoms with E-state index in [1.54, 1.807) is 11.0 Å². The van der Waals surface area contributed by atoms with E-state index in [4.69, 9.17) is 9.73 Å². The average molecular weight is 400 g/mol. The van der Waals surface area contributed by atoms with E-state index in [0.29, 0.717) is 13.1 Å². The maximum atomic E-state index is 5.86. The summed E-state index contributed by atoms with van der Waals surface area (Å²) in [6.07, 6.45) is 2.10. The summed E-state index contributed by atoms with van der Waals surface area (Å²) in [5, 5.41) is 10.7. The van der Waals surface area contributed by atoms with E-state index in [0.717, 1.165) is 38.0 Å². The van der Waals surface area contributed by atoms with Gasteiger partial charge in [-0.3, -0.25) is 9.58 Å². The van der Waals surface area contributed by atoms with Gasteiger partial charge >= 0.3 is 0 Å². The largest absolute Gasteiger partial charge is 0.373 e. The molecule has 2 unspecified atom stereocenters. The van der Waals surface area contributed by atoms with Crippen LogP contribution >= 0.6 is 0 Å². The molecule has 1 aliphatic heterocycles. The van der Waals surface area contributed by atoms with E-state index in [9.17, 15) is 0 Å². The molecule has 29 heavy (non-hydrogen) atoms. The molecule has 8 heteroatoms. The number of ether oxygens (including phenoxy) is 1. The molecule has 0 spiro atoms. The van der Waals surface area contributed by atoms with Crippen LogP contribution in [0.3, 0.4) is 0 Å². The highest BCUT2D eigenvalue weighted by Gasteiger charge is 2.22. The summed E-state index contributed by atoms with van der Waals surface area (Å²) in [6.45, 7) is 11.2. The molecular formula is C21H33N7O. The summed E-state index contributed by atoms with van der Waals surface area (Å²) >= 11 is 0. The molecule has 0 aliphatic carbocycles. The maximum Gasteiger partial charge on any atom is 0.191 e. The molecule has 0 saturated carbocycles. The van der Waals surface area contributed by atoms with E-state index < -0.39 is 0 Å². The van der Waals surface area contributed by atoms with Crippen LogP contribution in [0, 0.1) is 0 Å². The summed E-state index contributed by atoms with van der Waals surface area (Å²) in [7, 11) is 1.89. The van der Waals surface area contributed by atoms with Crippen molar-refractivity contribution in [3.63, 3.8) is 0 Å². The third-order valence-electron chi connectivity index (χ3n) is 4.98. The maximum absolute atomic E-state index is 5.86. The number of morpholine rings is 1. The van der Waals surface area contributed by atoms with E-state index in [1.807, 2.05) is 7.05 Å². The lowest BCUT2D eigenvalue weighted by molar-refractivity contribution is -0.0705. The number of guanidine groups is 1. The number of nitrogens with zero attached hydrogens (tertiary/aromatic N) is 5. The Labute approximate surface area is 173 Å². The fourth-order valence-corrected chi connectivity index (χ4v) is 3.67. The van der Waals surface area contributed by atoms with Gasteiger partial charge in [-0.15, -0.1) is 0 Å². The van der Waals surface area contributed by atoms with Crippen molar-refractivity contribution < 1.29 is 4.74 Å². The second-order valence-electron chi connectivity index (χ2n) is 7.57. The Morgan fingerprint density at radius 1 is 1.17 bits per heavy atom. The smallest absolute Gasteiger partial charge is 0.191 e. The lowest BCUT2D eigenvalue weighted by Gasteiger charge is -2.35. The number of aryl methyl sites for hydroxylation is 1.